The third kappa shape index (κ3) is 2.85. The highest BCUT2D eigenvalue weighted by Crippen LogP contribution is 2.50. The van der Waals surface area contributed by atoms with Crippen LogP contribution >= 0.6 is 0 Å². The molecule has 1 atom stereocenters. The van der Waals surface area contributed by atoms with Gasteiger partial charge in [-0.25, -0.2) is 0 Å². The molecule has 18 heavy (non-hydrogen) atoms. The molecule has 1 aliphatic heterocycles. The lowest BCUT2D eigenvalue weighted by molar-refractivity contribution is -0.145. The quantitative estimate of drug-likeness (QED) is 0.782. The monoisotopic (exact) mass is 252 g/mol. The van der Waals surface area contributed by atoms with Crippen molar-refractivity contribution in [3.63, 3.8) is 0 Å². The van der Waals surface area contributed by atoms with Crippen molar-refractivity contribution in [2.75, 3.05) is 13.1 Å². The van der Waals surface area contributed by atoms with Crippen molar-refractivity contribution in [2.24, 2.45) is 5.41 Å². The molecule has 4 heteroatoms. The van der Waals surface area contributed by atoms with Crippen LogP contribution in [0.25, 0.3) is 0 Å². The van der Waals surface area contributed by atoms with Gasteiger partial charge in [-0.2, -0.15) is 0 Å². The first-order valence-electron chi connectivity index (χ1n) is 7.18. The van der Waals surface area contributed by atoms with Gasteiger partial charge in [-0.3, -0.25) is 9.59 Å². The minimum Gasteiger partial charge on any atom is -0.343 e. The smallest absolute Gasteiger partial charge is 0.245 e. The minimum atomic E-state index is -0.284. The van der Waals surface area contributed by atoms with Crippen LogP contribution in [0.1, 0.15) is 52.4 Å². The Morgan fingerprint density at radius 3 is 2.56 bits per heavy atom. The van der Waals surface area contributed by atoms with E-state index in [-0.39, 0.29) is 24.4 Å². The summed E-state index contributed by atoms with van der Waals surface area (Å²) in [6, 6.07) is -0.284. The van der Waals surface area contributed by atoms with E-state index in [1.807, 2.05) is 6.92 Å². The summed E-state index contributed by atoms with van der Waals surface area (Å²) in [7, 11) is 0. The van der Waals surface area contributed by atoms with E-state index in [9.17, 15) is 9.59 Å². The highest BCUT2D eigenvalue weighted by atomic mass is 16.2. The van der Waals surface area contributed by atoms with E-state index in [4.69, 9.17) is 0 Å². The van der Waals surface area contributed by atoms with Crippen molar-refractivity contribution >= 4 is 11.8 Å². The fraction of sp³-hybridized carbons (Fsp3) is 0.857. The zero-order chi connectivity index (χ0) is 13.2. The molecule has 2 rings (SSSR count). The van der Waals surface area contributed by atoms with Gasteiger partial charge < -0.3 is 10.2 Å². The van der Waals surface area contributed by atoms with Crippen LogP contribution in [0, 0.1) is 5.41 Å². The van der Waals surface area contributed by atoms with Gasteiger partial charge in [0.05, 0.1) is 6.54 Å². The highest BCUT2D eigenvalue weighted by molar-refractivity contribution is 5.94. The van der Waals surface area contributed by atoms with E-state index < -0.39 is 0 Å². The first kappa shape index (κ1) is 13.4. The Kier molecular flexibility index (Phi) is 3.93. The molecule has 1 saturated carbocycles. The molecule has 0 bridgehead atoms. The van der Waals surface area contributed by atoms with Crippen molar-refractivity contribution in [1.82, 2.24) is 10.2 Å². The van der Waals surface area contributed by atoms with Crippen molar-refractivity contribution in [1.29, 1.82) is 0 Å². The third-order valence-electron chi connectivity index (χ3n) is 4.12. The number of amides is 2. The molecule has 1 saturated heterocycles. The second-order valence-corrected chi connectivity index (χ2v) is 5.85. The van der Waals surface area contributed by atoms with Crippen LogP contribution in [0.5, 0.6) is 0 Å². The Balaban J connectivity index is 1.98. The molecular formula is C14H24N2O2. The van der Waals surface area contributed by atoms with Crippen LogP contribution in [0.2, 0.25) is 0 Å². The van der Waals surface area contributed by atoms with Gasteiger partial charge in [-0.15, -0.1) is 0 Å². The molecule has 0 radical (unpaired) electrons. The van der Waals surface area contributed by atoms with Crippen molar-refractivity contribution in [3.8, 4) is 0 Å². The van der Waals surface area contributed by atoms with E-state index in [2.05, 4.69) is 12.2 Å². The first-order valence-corrected chi connectivity index (χ1v) is 7.18. The van der Waals surface area contributed by atoms with E-state index in [1.165, 1.54) is 19.3 Å². The zero-order valence-electron chi connectivity index (χ0n) is 11.5. The molecule has 0 aromatic rings. The Labute approximate surface area is 109 Å². The molecule has 1 aliphatic carbocycles. The molecular weight excluding hydrogens is 228 g/mol. The third-order valence-corrected chi connectivity index (χ3v) is 4.12. The van der Waals surface area contributed by atoms with Crippen LogP contribution in [0.4, 0.5) is 0 Å². The number of carbonyl (C=O) groups is 2. The number of hydrogen-bond acceptors (Lipinski definition) is 2. The lowest BCUT2D eigenvalue weighted by atomic mass is 9.98. The van der Waals surface area contributed by atoms with Crippen molar-refractivity contribution in [3.05, 3.63) is 0 Å². The molecule has 0 aromatic carbocycles. The van der Waals surface area contributed by atoms with Gasteiger partial charge in [0.25, 0.3) is 0 Å². The lowest BCUT2D eigenvalue weighted by Crippen LogP contribution is -2.58. The summed E-state index contributed by atoms with van der Waals surface area (Å²) in [5, 5.41) is 2.81. The van der Waals surface area contributed by atoms with Gasteiger partial charge in [-0.05, 0) is 31.1 Å². The summed E-state index contributed by atoms with van der Waals surface area (Å²) >= 11 is 0. The molecule has 2 amide bonds. The lowest BCUT2D eigenvalue weighted by Gasteiger charge is -2.35. The van der Waals surface area contributed by atoms with Gasteiger partial charge >= 0.3 is 0 Å². The Bertz CT molecular complexity index is 337. The molecule has 0 spiro atoms. The van der Waals surface area contributed by atoms with Crippen LogP contribution in [-0.2, 0) is 9.59 Å². The van der Waals surface area contributed by atoms with Crippen molar-refractivity contribution in [2.45, 2.75) is 58.4 Å². The first-order chi connectivity index (χ1) is 8.60. The van der Waals surface area contributed by atoms with Gasteiger partial charge in [0.1, 0.15) is 6.04 Å². The molecule has 0 aromatic heterocycles. The van der Waals surface area contributed by atoms with E-state index >= 15 is 0 Å². The van der Waals surface area contributed by atoms with Crippen LogP contribution in [0.3, 0.4) is 0 Å². The minimum absolute atomic E-state index is 0.000323. The number of rotatable bonds is 6. The maximum Gasteiger partial charge on any atom is 0.245 e. The zero-order valence-corrected chi connectivity index (χ0v) is 11.5. The van der Waals surface area contributed by atoms with Gasteiger partial charge in [0.2, 0.25) is 11.8 Å². The maximum absolute atomic E-state index is 12.3. The van der Waals surface area contributed by atoms with Gasteiger partial charge in [0, 0.05) is 6.54 Å². The SMILES string of the molecule is CCCC1NC(=O)CN(CC2(CCC)CC2)C1=O. The molecule has 102 valence electrons. The number of carbonyl (C=O) groups excluding carboxylic acids is 2. The second kappa shape index (κ2) is 5.29. The standard InChI is InChI=1S/C14H24N2O2/c1-3-5-11-13(18)16(9-12(17)15-11)10-14(6-4-2)7-8-14/h11H,3-10H2,1-2H3,(H,15,17). The van der Waals surface area contributed by atoms with Crippen molar-refractivity contribution < 1.29 is 9.59 Å². The Morgan fingerprint density at radius 1 is 1.28 bits per heavy atom. The highest BCUT2D eigenvalue weighted by Gasteiger charge is 2.45. The predicted octanol–water partition coefficient (Wildman–Crippen LogP) is 1.69. The average Bonchev–Trinajstić information content (AvgIpc) is 3.06. The van der Waals surface area contributed by atoms with E-state index in [0.29, 0.717) is 5.41 Å². The summed E-state index contributed by atoms with van der Waals surface area (Å²) in [5.74, 6) is 0.124. The predicted molar refractivity (Wildman–Crippen MR) is 70.0 cm³/mol. The fourth-order valence-electron chi connectivity index (χ4n) is 2.99. The molecule has 1 N–H and O–H groups in total. The van der Waals surface area contributed by atoms with Gasteiger partial charge in [0.15, 0.2) is 0 Å². The molecule has 4 nitrogen and oxygen atoms in total. The fourth-order valence-corrected chi connectivity index (χ4v) is 2.99. The van der Waals surface area contributed by atoms with E-state index in [0.717, 1.165) is 25.8 Å². The summed E-state index contributed by atoms with van der Waals surface area (Å²) < 4.78 is 0. The number of nitrogens with zero attached hydrogens (tertiary/aromatic N) is 1. The van der Waals surface area contributed by atoms with Crippen LogP contribution < -0.4 is 5.32 Å². The molecule has 1 heterocycles. The summed E-state index contributed by atoms with van der Waals surface area (Å²) in [4.78, 5) is 25.7. The maximum atomic E-state index is 12.3. The summed E-state index contributed by atoms with van der Waals surface area (Å²) in [6.07, 6.45) is 6.44. The van der Waals surface area contributed by atoms with Crippen LogP contribution in [0.15, 0.2) is 0 Å². The van der Waals surface area contributed by atoms with E-state index in [1.54, 1.807) is 4.90 Å². The second-order valence-electron chi connectivity index (χ2n) is 5.85. The molecule has 2 aliphatic rings. The van der Waals surface area contributed by atoms with Crippen LogP contribution in [-0.4, -0.2) is 35.8 Å². The largest absolute Gasteiger partial charge is 0.343 e. The normalized spacial score (nSPS) is 26.1. The molecule has 2 fully saturated rings. The summed E-state index contributed by atoms with van der Waals surface area (Å²) in [6.45, 7) is 5.26. The number of hydrogen-bond donors (Lipinski definition) is 1. The number of nitrogens with one attached hydrogen (secondary N) is 1. The number of piperazine rings is 1. The summed E-state index contributed by atoms with van der Waals surface area (Å²) in [5.41, 5.74) is 0.332. The Hall–Kier alpha value is -1.06. The van der Waals surface area contributed by atoms with Gasteiger partial charge in [-0.1, -0.05) is 26.7 Å². The topological polar surface area (TPSA) is 49.4 Å². The molecule has 1 unspecified atom stereocenters. The average molecular weight is 252 g/mol. The Morgan fingerprint density at radius 2 is 2.00 bits per heavy atom.